The fraction of sp³-hybridized carbons (Fsp3) is 0.0833. The molecule has 0 fully saturated rings. The van der Waals surface area contributed by atoms with Crippen LogP contribution in [0.5, 0.6) is 23.1 Å². The summed E-state index contributed by atoms with van der Waals surface area (Å²) in [5, 5.41) is 0. The lowest BCUT2D eigenvalue weighted by atomic mass is 10.3. The standard InChI is InChI=1S/C12H6F3NO3/c13-7-4-8(14)12(16-11(7)15)19-6-1-2-9-10(3-6)18-5-17-9/h1-4H,5H2. The maximum absolute atomic E-state index is 13.3. The van der Waals surface area contributed by atoms with Gasteiger partial charge in [0, 0.05) is 12.1 Å². The molecule has 0 N–H and O–H groups in total. The summed E-state index contributed by atoms with van der Waals surface area (Å²) in [5.74, 6) is -3.46. The summed E-state index contributed by atoms with van der Waals surface area (Å²) in [5.41, 5.74) is 0. The number of rotatable bonds is 2. The highest BCUT2D eigenvalue weighted by Gasteiger charge is 2.17. The van der Waals surface area contributed by atoms with E-state index in [2.05, 4.69) is 4.98 Å². The third kappa shape index (κ3) is 2.14. The third-order valence-electron chi connectivity index (χ3n) is 2.41. The quantitative estimate of drug-likeness (QED) is 0.786. The fourth-order valence-corrected chi connectivity index (χ4v) is 1.55. The van der Waals surface area contributed by atoms with E-state index < -0.39 is 23.5 Å². The van der Waals surface area contributed by atoms with Gasteiger partial charge in [0.05, 0.1) is 0 Å². The van der Waals surface area contributed by atoms with Crippen LogP contribution in [0.15, 0.2) is 24.3 Å². The van der Waals surface area contributed by atoms with Crippen LogP contribution >= 0.6 is 0 Å². The van der Waals surface area contributed by atoms with Crippen LogP contribution in [0.25, 0.3) is 0 Å². The van der Waals surface area contributed by atoms with Gasteiger partial charge in [0.15, 0.2) is 23.1 Å². The first kappa shape index (κ1) is 11.6. The van der Waals surface area contributed by atoms with Crippen molar-refractivity contribution in [3.8, 4) is 23.1 Å². The Kier molecular flexibility index (Phi) is 2.66. The lowest BCUT2D eigenvalue weighted by Crippen LogP contribution is -1.98. The Balaban J connectivity index is 1.91. The largest absolute Gasteiger partial charge is 0.454 e. The minimum absolute atomic E-state index is 0.0799. The SMILES string of the molecule is Fc1cc(F)c(Oc2ccc3c(c2)OCO3)nc1F. The third-order valence-corrected chi connectivity index (χ3v) is 2.41. The van der Waals surface area contributed by atoms with Crippen molar-refractivity contribution in [2.24, 2.45) is 0 Å². The van der Waals surface area contributed by atoms with E-state index in [1.807, 2.05) is 0 Å². The molecule has 0 bridgehead atoms. The molecule has 0 radical (unpaired) electrons. The van der Waals surface area contributed by atoms with E-state index in [4.69, 9.17) is 14.2 Å². The molecule has 3 rings (SSSR count). The predicted octanol–water partition coefficient (Wildman–Crippen LogP) is 3.02. The minimum atomic E-state index is -1.43. The number of benzene rings is 1. The van der Waals surface area contributed by atoms with E-state index in [0.717, 1.165) is 0 Å². The average molecular weight is 269 g/mol. The first-order valence-corrected chi connectivity index (χ1v) is 5.22. The summed E-state index contributed by atoms with van der Waals surface area (Å²) < 4.78 is 54.2. The first-order chi connectivity index (χ1) is 9.13. The number of pyridine rings is 1. The zero-order chi connectivity index (χ0) is 13.4. The summed E-state index contributed by atoms with van der Waals surface area (Å²) in [6.07, 6.45) is 0. The number of ether oxygens (including phenoxy) is 3. The van der Waals surface area contributed by atoms with Gasteiger partial charge in [-0.15, -0.1) is 0 Å². The van der Waals surface area contributed by atoms with Gasteiger partial charge in [0.25, 0.3) is 11.8 Å². The number of fused-ring (bicyclic) bond motifs is 1. The van der Waals surface area contributed by atoms with E-state index in [9.17, 15) is 13.2 Å². The maximum atomic E-state index is 13.3. The van der Waals surface area contributed by atoms with E-state index >= 15 is 0 Å². The van der Waals surface area contributed by atoms with Crippen LogP contribution in [0.3, 0.4) is 0 Å². The second-order valence-electron chi connectivity index (χ2n) is 3.67. The second-order valence-corrected chi connectivity index (χ2v) is 3.67. The molecule has 0 aliphatic carbocycles. The molecular formula is C12H6F3NO3. The molecule has 0 atom stereocenters. The first-order valence-electron chi connectivity index (χ1n) is 5.22. The molecule has 1 aliphatic rings. The Morgan fingerprint density at radius 2 is 1.79 bits per heavy atom. The fourth-order valence-electron chi connectivity index (χ4n) is 1.55. The Morgan fingerprint density at radius 3 is 2.63 bits per heavy atom. The monoisotopic (exact) mass is 269 g/mol. The highest BCUT2D eigenvalue weighted by Crippen LogP contribution is 2.36. The van der Waals surface area contributed by atoms with Gasteiger partial charge in [0.1, 0.15) is 5.75 Å². The Bertz CT molecular complexity index is 648. The van der Waals surface area contributed by atoms with Crippen LogP contribution in [0, 0.1) is 17.6 Å². The maximum Gasteiger partial charge on any atom is 0.258 e. The Labute approximate surface area is 105 Å². The van der Waals surface area contributed by atoms with Crippen LogP contribution in [0.1, 0.15) is 0 Å². The molecule has 1 aromatic carbocycles. The van der Waals surface area contributed by atoms with Crippen molar-refractivity contribution in [3.63, 3.8) is 0 Å². The number of halogens is 3. The van der Waals surface area contributed by atoms with E-state index in [1.54, 1.807) is 6.07 Å². The van der Waals surface area contributed by atoms with Crippen molar-refractivity contribution in [2.75, 3.05) is 6.79 Å². The van der Waals surface area contributed by atoms with Crippen molar-refractivity contribution >= 4 is 0 Å². The highest BCUT2D eigenvalue weighted by molar-refractivity contribution is 5.47. The van der Waals surface area contributed by atoms with Crippen LogP contribution in [0.2, 0.25) is 0 Å². The molecule has 1 aromatic heterocycles. The normalized spacial score (nSPS) is 12.6. The molecular weight excluding hydrogens is 263 g/mol. The molecule has 2 aromatic rings. The highest BCUT2D eigenvalue weighted by atomic mass is 19.2. The number of nitrogens with zero attached hydrogens (tertiary/aromatic N) is 1. The molecule has 0 unspecified atom stereocenters. The van der Waals surface area contributed by atoms with Crippen LogP contribution in [-0.2, 0) is 0 Å². The van der Waals surface area contributed by atoms with Crippen molar-refractivity contribution < 1.29 is 27.4 Å². The zero-order valence-corrected chi connectivity index (χ0v) is 9.32. The molecule has 2 heterocycles. The molecule has 0 spiro atoms. The van der Waals surface area contributed by atoms with E-state index in [-0.39, 0.29) is 12.5 Å². The summed E-state index contributed by atoms with van der Waals surface area (Å²) in [7, 11) is 0. The molecule has 1 aliphatic heterocycles. The van der Waals surface area contributed by atoms with Gasteiger partial charge in [0.2, 0.25) is 6.79 Å². The van der Waals surface area contributed by atoms with E-state index in [1.165, 1.54) is 12.1 Å². The van der Waals surface area contributed by atoms with Gasteiger partial charge >= 0.3 is 0 Å². The topological polar surface area (TPSA) is 40.6 Å². The minimum Gasteiger partial charge on any atom is -0.454 e. The smallest absolute Gasteiger partial charge is 0.258 e. The van der Waals surface area contributed by atoms with Crippen molar-refractivity contribution in [1.29, 1.82) is 0 Å². The van der Waals surface area contributed by atoms with Gasteiger partial charge in [-0.3, -0.25) is 0 Å². The molecule has 98 valence electrons. The van der Waals surface area contributed by atoms with Gasteiger partial charge in [-0.05, 0) is 12.1 Å². The molecule has 0 saturated heterocycles. The zero-order valence-electron chi connectivity index (χ0n) is 9.32. The lowest BCUT2D eigenvalue weighted by Gasteiger charge is -2.06. The molecule has 7 heteroatoms. The molecule has 0 saturated carbocycles. The van der Waals surface area contributed by atoms with Crippen molar-refractivity contribution in [1.82, 2.24) is 4.98 Å². The Hall–Kier alpha value is -2.44. The predicted molar refractivity (Wildman–Crippen MR) is 56.8 cm³/mol. The van der Waals surface area contributed by atoms with Crippen LogP contribution in [-0.4, -0.2) is 11.8 Å². The van der Waals surface area contributed by atoms with Crippen LogP contribution in [0.4, 0.5) is 13.2 Å². The summed E-state index contributed by atoms with van der Waals surface area (Å²) >= 11 is 0. The lowest BCUT2D eigenvalue weighted by molar-refractivity contribution is 0.174. The van der Waals surface area contributed by atoms with Gasteiger partial charge in [-0.2, -0.15) is 9.37 Å². The van der Waals surface area contributed by atoms with Gasteiger partial charge in [-0.25, -0.2) is 8.78 Å². The van der Waals surface area contributed by atoms with Gasteiger partial charge in [-0.1, -0.05) is 0 Å². The molecule has 0 amide bonds. The van der Waals surface area contributed by atoms with Crippen LogP contribution < -0.4 is 14.2 Å². The summed E-state index contributed by atoms with van der Waals surface area (Å²) in [6.45, 7) is 0.0799. The summed E-state index contributed by atoms with van der Waals surface area (Å²) in [6, 6.07) is 4.82. The van der Waals surface area contributed by atoms with E-state index in [0.29, 0.717) is 17.6 Å². The second kappa shape index (κ2) is 4.34. The Morgan fingerprint density at radius 1 is 1.00 bits per heavy atom. The number of hydrogen-bond acceptors (Lipinski definition) is 4. The molecule has 4 nitrogen and oxygen atoms in total. The van der Waals surface area contributed by atoms with Gasteiger partial charge < -0.3 is 14.2 Å². The number of hydrogen-bond donors (Lipinski definition) is 0. The van der Waals surface area contributed by atoms with Crippen molar-refractivity contribution in [3.05, 3.63) is 41.8 Å². The number of aromatic nitrogens is 1. The van der Waals surface area contributed by atoms with Crippen molar-refractivity contribution in [2.45, 2.75) is 0 Å². The average Bonchev–Trinajstić information content (AvgIpc) is 2.83. The summed E-state index contributed by atoms with van der Waals surface area (Å²) in [4.78, 5) is 3.05. The molecule has 19 heavy (non-hydrogen) atoms.